The van der Waals surface area contributed by atoms with E-state index in [0.717, 1.165) is 0 Å². The van der Waals surface area contributed by atoms with Gasteiger partial charge in [0.25, 0.3) is 11.8 Å². The Morgan fingerprint density at radius 3 is 2.31 bits per heavy atom. The minimum absolute atomic E-state index is 0.0521. The van der Waals surface area contributed by atoms with E-state index in [1.807, 2.05) is 0 Å². The van der Waals surface area contributed by atoms with Crippen molar-refractivity contribution in [2.24, 2.45) is 0 Å². The summed E-state index contributed by atoms with van der Waals surface area (Å²) in [5.74, 6) is 0.214. The summed E-state index contributed by atoms with van der Waals surface area (Å²) < 4.78 is 5.48. The number of hydrogen-bond donors (Lipinski definition) is 0. The van der Waals surface area contributed by atoms with Crippen molar-refractivity contribution in [2.75, 3.05) is 32.8 Å². The lowest BCUT2D eigenvalue weighted by molar-refractivity contribution is -0.134. The quantitative estimate of drug-likeness (QED) is 0.800. The summed E-state index contributed by atoms with van der Waals surface area (Å²) in [6.07, 6.45) is 3.18. The average Bonchev–Trinajstić information content (AvgIpc) is 2.67. The Kier molecular flexibility index (Phi) is 5.96. The fourth-order valence-corrected chi connectivity index (χ4v) is 3.12. The number of hydrogen-bond acceptors (Lipinski definition) is 4. The van der Waals surface area contributed by atoms with Crippen molar-refractivity contribution in [1.29, 1.82) is 0 Å². The third-order valence-electron chi connectivity index (χ3n) is 4.09. The van der Waals surface area contributed by atoms with Gasteiger partial charge in [-0.1, -0.05) is 23.2 Å². The van der Waals surface area contributed by atoms with E-state index in [1.54, 1.807) is 52.5 Å². The number of aromatic nitrogens is 1. The maximum atomic E-state index is 12.4. The van der Waals surface area contributed by atoms with Gasteiger partial charge in [0.1, 0.15) is 5.75 Å². The largest absolute Gasteiger partial charge is 0.482 e. The van der Waals surface area contributed by atoms with E-state index < -0.39 is 0 Å². The zero-order valence-electron chi connectivity index (χ0n) is 13.9. The third kappa shape index (κ3) is 4.45. The van der Waals surface area contributed by atoms with Crippen molar-refractivity contribution in [3.05, 3.63) is 58.3 Å². The number of ether oxygens (including phenoxy) is 1. The molecule has 0 atom stereocenters. The highest BCUT2D eigenvalue weighted by Crippen LogP contribution is 2.27. The summed E-state index contributed by atoms with van der Waals surface area (Å²) in [5.41, 5.74) is 0.598. The molecule has 8 heteroatoms. The van der Waals surface area contributed by atoms with Crippen LogP contribution in [0, 0.1) is 0 Å². The van der Waals surface area contributed by atoms with E-state index in [4.69, 9.17) is 27.9 Å². The molecule has 0 unspecified atom stereocenters. The number of nitrogens with zero attached hydrogens (tertiary/aromatic N) is 3. The van der Waals surface area contributed by atoms with Crippen LogP contribution >= 0.6 is 23.2 Å². The lowest BCUT2D eigenvalue weighted by Crippen LogP contribution is -2.51. The summed E-state index contributed by atoms with van der Waals surface area (Å²) >= 11 is 11.9. The summed E-state index contributed by atoms with van der Waals surface area (Å²) in [4.78, 5) is 32.0. The van der Waals surface area contributed by atoms with Crippen LogP contribution in [0.15, 0.2) is 42.7 Å². The smallest absolute Gasteiger partial charge is 0.260 e. The van der Waals surface area contributed by atoms with Crippen molar-refractivity contribution in [3.8, 4) is 5.75 Å². The van der Waals surface area contributed by atoms with E-state index in [1.165, 1.54) is 0 Å². The molecule has 1 aliphatic heterocycles. The first-order chi connectivity index (χ1) is 12.5. The van der Waals surface area contributed by atoms with E-state index >= 15 is 0 Å². The van der Waals surface area contributed by atoms with Gasteiger partial charge in [0.2, 0.25) is 0 Å². The highest BCUT2D eigenvalue weighted by Gasteiger charge is 2.25. The maximum absolute atomic E-state index is 12.4. The number of rotatable bonds is 4. The normalized spacial score (nSPS) is 14.2. The Balaban J connectivity index is 1.50. The molecule has 1 aromatic heterocycles. The Labute approximate surface area is 161 Å². The molecule has 2 aromatic rings. The van der Waals surface area contributed by atoms with Crippen LogP contribution in [-0.4, -0.2) is 59.4 Å². The second-order valence-corrected chi connectivity index (χ2v) is 6.62. The molecule has 2 amide bonds. The molecule has 0 spiro atoms. The highest BCUT2D eigenvalue weighted by molar-refractivity contribution is 6.35. The molecular formula is C18H17Cl2N3O3. The first kappa shape index (κ1) is 18.5. The van der Waals surface area contributed by atoms with Gasteiger partial charge in [0.15, 0.2) is 6.61 Å². The van der Waals surface area contributed by atoms with Crippen LogP contribution in [0.4, 0.5) is 0 Å². The van der Waals surface area contributed by atoms with Gasteiger partial charge in [-0.2, -0.15) is 0 Å². The molecule has 1 fully saturated rings. The van der Waals surface area contributed by atoms with Gasteiger partial charge in [0.05, 0.1) is 5.02 Å². The van der Waals surface area contributed by atoms with Gasteiger partial charge >= 0.3 is 0 Å². The average molecular weight is 394 g/mol. The Hall–Kier alpha value is -2.31. The predicted octanol–water partition coefficient (Wildman–Crippen LogP) is 2.75. The molecule has 0 radical (unpaired) electrons. The van der Waals surface area contributed by atoms with E-state index in [9.17, 15) is 9.59 Å². The van der Waals surface area contributed by atoms with Gasteiger partial charge in [-0.15, -0.1) is 0 Å². The lowest BCUT2D eigenvalue weighted by Gasteiger charge is -2.34. The number of carbonyl (C=O) groups excluding carboxylic acids is 2. The number of amides is 2. The van der Waals surface area contributed by atoms with Crippen molar-refractivity contribution in [2.45, 2.75) is 0 Å². The number of pyridine rings is 1. The van der Waals surface area contributed by atoms with Crippen molar-refractivity contribution in [1.82, 2.24) is 14.8 Å². The molecule has 1 aromatic carbocycles. The van der Waals surface area contributed by atoms with Crippen LogP contribution < -0.4 is 4.74 Å². The standard InChI is InChI=1S/C18H17Cl2N3O3/c19-14-1-2-16(15(20)11-14)26-12-17(24)22-7-9-23(10-8-22)18(25)13-3-5-21-6-4-13/h1-6,11H,7-10,12H2. The van der Waals surface area contributed by atoms with Crippen LogP contribution in [-0.2, 0) is 4.79 Å². The second-order valence-electron chi connectivity index (χ2n) is 5.77. The summed E-state index contributed by atoms with van der Waals surface area (Å²) in [6, 6.07) is 8.21. The first-order valence-corrected chi connectivity index (χ1v) is 8.85. The monoisotopic (exact) mass is 393 g/mol. The fourth-order valence-electron chi connectivity index (χ4n) is 2.66. The van der Waals surface area contributed by atoms with Crippen molar-refractivity contribution in [3.63, 3.8) is 0 Å². The molecule has 0 bridgehead atoms. The third-order valence-corrected chi connectivity index (χ3v) is 4.62. The van der Waals surface area contributed by atoms with Crippen LogP contribution in [0.3, 0.4) is 0 Å². The number of carbonyl (C=O) groups is 2. The number of piperazine rings is 1. The van der Waals surface area contributed by atoms with E-state index in [2.05, 4.69) is 4.98 Å². The van der Waals surface area contributed by atoms with Gasteiger partial charge < -0.3 is 14.5 Å². The highest BCUT2D eigenvalue weighted by atomic mass is 35.5. The van der Waals surface area contributed by atoms with Crippen LogP contribution in [0.25, 0.3) is 0 Å². The van der Waals surface area contributed by atoms with Crippen LogP contribution in [0.1, 0.15) is 10.4 Å². The molecular weight excluding hydrogens is 377 g/mol. The molecule has 1 saturated heterocycles. The van der Waals surface area contributed by atoms with Gasteiger partial charge in [0, 0.05) is 49.2 Å². The minimum Gasteiger partial charge on any atom is -0.482 e. The molecule has 1 aliphatic rings. The fraction of sp³-hybridized carbons (Fsp3) is 0.278. The van der Waals surface area contributed by atoms with Crippen LogP contribution in [0.5, 0.6) is 5.75 Å². The summed E-state index contributed by atoms with van der Waals surface area (Å²) in [7, 11) is 0. The van der Waals surface area contributed by atoms with Gasteiger partial charge in [-0.25, -0.2) is 0 Å². The summed E-state index contributed by atoms with van der Waals surface area (Å²) in [5, 5.41) is 0.863. The first-order valence-electron chi connectivity index (χ1n) is 8.09. The van der Waals surface area contributed by atoms with E-state index in [-0.39, 0.29) is 18.4 Å². The van der Waals surface area contributed by atoms with Gasteiger partial charge in [-0.3, -0.25) is 14.6 Å². The summed E-state index contributed by atoms with van der Waals surface area (Å²) in [6.45, 7) is 1.78. The lowest BCUT2D eigenvalue weighted by atomic mass is 10.2. The van der Waals surface area contributed by atoms with Gasteiger partial charge in [-0.05, 0) is 30.3 Å². The molecule has 2 heterocycles. The van der Waals surface area contributed by atoms with Crippen molar-refractivity contribution >= 4 is 35.0 Å². The zero-order chi connectivity index (χ0) is 18.5. The molecule has 0 aliphatic carbocycles. The Morgan fingerprint density at radius 2 is 1.65 bits per heavy atom. The Bertz CT molecular complexity index is 794. The van der Waals surface area contributed by atoms with Crippen LogP contribution in [0.2, 0.25) is 10.0 Å². The SMILES string of the molecule is O=C(COc1ccc(Cl)cc1Cl)N1CCN(C(=O)c2ccncc2)CC1. The molecule has 0 N–H and O–H groups in total. The molecule has 136 valence electrons. The maximum Gasteiger partial charge on any atom is 0.260 e. The second kappa shape index (κ2) is 8.38. The van der Waals surface area contributed by atoms with Crippen molar-refractivity contribution < 1.29 is 14.3 Å². The Morgan fingerprint density at radius 1 is 1.00 bits per heavy atom. The molecule has 3 rings (SSSR count). The minimum atomic E-state index is -0.146. The molecule has 0 saturated carbocycles. The number of halogens is 2. The topological polar surface area (TPSA) is 62.7 Å². The van der Waals surface area contributed by atoms with E-state index in [0.29, 0.717) is 47.5 Å². The predicted molar refractivity (Wildman–Crippen MR) is 98.7 cm³/mol. The number of benzene rings is 1. The zero-order valence-corrected chi connectivity index (χ0v) is 15.4. The molecule has 26 heavy (non-hydrogen) atoms. The molecule has 6 nitrogen and oxygen atoms in total.